The molecule has 0 fully saturated rings. The molecule has 0 radical (unpaired) electrons. The summed E-state index contributed by atoms with van der Waals surface area (Å²) in [6.45, 7) is 1.36. The Labute approximate surface area is 94.8 Å². The van der Waals surface area contributed by atoms with Gasteiger partial charge in [-0.2, -0.15) is 0 Å². The molecule has 1 atom stereocenters. The first-order valence-corrected chi connectivity index (χ1v) is 6.32. The zero-order valence-electron chi connectivity index (χ0n) is 9.10. The van der Waals surface area contributed by atoms with Crippen LogP contribution in [0.4, 0.5) is 0 Å². The fourth-order valence-electron chi connectivity index (χ4n) is 1.25. The van der Waals surface area contributed by atoms with Gasteiger partial charge >= 0.3 is 0 Å². The van der Waals surface area contributed by atoms with Gasteiger partial charge in [0.05, 0.1) is 6.26 Å². The van der Waals surface area contributed by atoms with E-state index in [0.717, 1.165) is 6.26 Å². The predicted octanol–water partition coefficient (Wildman–Crippen LogP) is 0.0412. The van der Waals surface area contributed by atoms with Crippen molar-refractivity contribution in [1.82, 2.24) is 4.72 Å². The zero-order valence-corrected chi connectivity index (χ0v) is 9.91. The number of hydrogen-bond acceptors (Lipinski definition) is 3. The van der Waals surface area contributed by atoms with Crippen molar-refractivity contribution >= 4 is 15.8 Å². The quantitative estimate of drug-likeness (QED) is 0.811. The molecule has 0 saturated heterocycles. The van der Waals surface area contributed by atoms with Crippen molar-refractivity contribution in [3.63, 3.8) is 0 Å². The van der Waals surface area contributed by atoms with Crippen LogP contribution >= 0.6 is 0 Å². The van der Waals surface area contributed by atoms with Gasteiger partial charge in [0, 0.05) is 0 Å². The minimum Gasteiger partial charge on any atom is -0.412 e. The maximum atomic E-state index is 11.3. The highest BCUT2D eigenvalue weighted by Crippen LogP contribution is 2.14. The molecule has 0 unspecified atom stereocenters. The van der Waals surface area contributed by atoms with Crippen LogP contribution in [-0.4, -0.2) is 25.9 Å². The third kappa shape index (κ3) is 4.52. The first-order valence-electron chi connectivity index (χ1n) is 4.43. The highest BCUT2D eigenvalue weighted by Gasteiger charge is 2.19. The second-order valence-corrected chi connectivity index (χ2v) is 5.12. The first-order chi connectivity index (χ1) is 6.90. The number of benzene rings is 1. The van der Waals surface area contributed by atoms with Crippen LogP contribution < -0.4 is 4.72 Å². The van der Waals surface area contributed by atoms with Gasteiger partial charge in [-0.25, -0.2) is 13.1 Å². The predicted molar refractivity (Wildman–Crippen MR) is 61.5 cm³/mol. The van der Waals surface area contributed by atoms with E-state index in [1.54, 1.807) is 30.3 Å². The molecule has 0 aromatic heterocycles. The van der Waals surface area contributed by atoms with Crippen molar-refractivity contribution in [2.24, 2.45) is 0 Å². The summed E-state index contributed by atoms with van der Waals surface area (Å²) in [5.41, 5.74) is 0.649. The van der Waals surface area contributed by atoms with Crippen LogP contribution in [0.1, 0.15) is 18.5 Å². The van der Waals surface area contributed by atoms with E-state index in [-0.39, 0.29) is 11.3 Å². The van der Waals surface area contributed by atoms with Crippen molar-refractivity contribution in [1.29, 1.82) is 0 Å². The largest absolute Gasteiger partial charge is 0.412 e. The van der Waals surface area contributed by atoms with E-state index >= 15 is 0 Å². The summed E-state index contributed by atoms with van der Waals surface area (Å²) < 4.78 is 24.4. The number of Topliss-reactive ketones (excluding diaryl/α,β-unsaturated/α-hetero) is 1. The molecule has 90 valence electrons. The summed E-state index contributed by atoms with van der Waals surface area (Å²) in [4.78, 5) is 11.3. The third-order valence-electron chi connectivity index (χ3n) is 1.87. The zero-order chi connectivity index (χ0) is 11.5. The van der Waals surface area contributed by atoms with Crippen molar-refractivity contribution in [3.05, 3.63) is 35.9 Å². The van der Waals surface area contributed by atoms with E-state index < -0.39 is 16.1 Å². The van der Waals surface area contributed by atoms with Crippen molar-refractivity contribution in [3.8, 4) is 0 Å². The van der Waals surface area contributed by atoms with Crippen molar-refractivity contribution in [2.75, 3.05) is 6.26 Å². The Kier molecular flexibility index (Phi) is 5.29. The molecule has 6 heteroatoms. The van der Waals surface area contributed by atoms with E-state index in [9.17, 15) is 13.2 Å². The molecule has 0 aliphatic rings. The highest BCUT2D eigenvalue weighted by atomic mass is 32.2. The fourth-order valence-corrected chi connectivity index (χ4v) is 1.98. The number of sulfonamides is 1. The van der Waals surface area contributed by atoms with E-state index in [0.29, 0.717) is 5.56 Å². The normalized spacial score (nSPS) is 12.6. The molecule has 1 aromatic rings. The second-order valence-electron chi connectivity index (χ2n) is 3.34. The Hall–Kier alpha value is -1.24. The molecular weight excluding hydrogens is 230 g/mol. The summed E-state index contributed by atoms with van der Waals surface area (Å²) in [6, 6.07) is 7.96. The molecule has 0 aliphatic heterocycles. The Morgan fingerprint density at radius 2 is 1.75 bits per heavy atom. The maximum Gasteiger partial charge on any atom is 0.209 e. The molecule has 0 heterocycles. The first kappa shape index (κ1) is 14.8. The summed E-state index contributed by atoms with van der Waals surface area (Å²) >= 11 is 0. The van der Waals surface area contributed by atoms with Crippen molar-refractivity contribution < 1.29 is 18.7 Å². The molecular formula is C10H15NO4S. The Morgan fingerprint density at radius 3 is 2.12 bits per heavy atom. The van der Waals surface area contributed by atoms with Crippen LogP contribution in [0.3, 0.4) is 0 Å². The summed E-state index contributed by atoms with van der Waals surface area (Å²) in [5, 5.41) is 0. The van der Waals surface area contributed by atoms with Gasteiger partial charge in [0.15, 0.2) is 5.78 Å². The van der Waals surface area contributed by atoms with Gasteiger partial charge in [0.25, 0.3) is 0 Å². The van der Waals surface area contributed by atoms with Crippen molar-refractivity contribution in [2.45, 2.75) is 13.0 Å². The number of rotatable bonds is 4. The minimum atomic E-state index is -3.39. The number of ketones is 1. The molecule has 5 nitrogen and oxygen atoms in total. The molecule has 16 heavy (non-hydrogen) atoms. The standard InChI is InChI=1S/C10H13NO3S.H2O/c1-8(12)10(11-15(2,13)14)9-6-4-3-5-7-9;/h3-7,10-11H,1-2H3;1H2/t10-;/m0./s1. The lowest BCUT2D eigenvalue weighted by Gasteiger charge is -2.14. The van der Waals surface area contributed by atoms with Gasteiger partial charge in [0.2, 0.25) is 10.0 Å². The molecule has 0 bridgehead atoms. The molecule has 0 saturated carbocycles. The average molecular weight is 245 g/mol. The lowest BCUT2D eigenvalue weighted by molar-refractivity contribution is -0.118. The van der Waals surface area contributed by atoms with Crippen LogP contribution in [0.15, 0.2) is 30.3 Å². The molecule has 0 spiro atoms. The van der Waals surface area contributed by atoms with Crippen LogP contribution in [0.25, 0.3) is 0 Å². The number of carbonyl (C=O) groups is 1. The molecule has 1 rings (SSSR count). The van der Waals surface area contributed by atoms with E-state index in [4.69, 9.17) is 0 Å². The third-order valence-corrected chi connectivity index (χ3v) is 2.54. The van der Waals surface area contributed by atoms with E-state index in [2.05, 4.69) is 4.72 Å². The smallest absolute Gasteiger partial charge is 0.209 e. The van der Waals surface area contributed by atoms with Crippen LogP contribution in [0.5, 0.6) is 0 Å². The lowest BCUT2D eigenvalue weighted by atomic mass is 10.1. The van der Waals surface area contributed by atoms with Crippen LogP contribution in [0.2, 0.25) is 0 Å². The monoisotopic (exact) mass is 245 g/mol. The van der Waals surface area contributed by atoms with Gasteiger partial charge in [-0.05, 0) is 12.5 Å². The highest BCUT2D eigenvalue weighted by molar-refractivity contribution is 7.88. The second kappa shape index (κ2) is 5.74. The fraction of sp³-hybridized carbons (Fsp3) is 0.300. The van der Waals surface area contributed by atoms with Crippen LogP contribution in [0, 0.1) is 0 Å². The van der Waals surface area contributed by atoms with Gasteiger partial charge in [-0.1, -0.05) is 30.3 Å². The Bertz CT molecular complexity index is 441. The minimum absolute atomic E-state index is 0. The SMILES string of the molecule is CC(=O)[C@H](NS(C)(=O)=O)c1ccccc1.O. The molecule has 0 aliphatic carbocycles. The number of hydrogen-bond donors (Lipinski definition) is 1. The van der Waals surface area contributed by atoms with E-state index in [1.807, 2.05) is 0 Å². The van der Waals surface area contributed by atoms with Gasteiger partial charge in [-0.3, -0.25) is 4.79 Å². The van der Waals surface area contributed by atoms with Gasteiger partial charge in [0.1, 0.15) is 6.04 Å². The Balaban J connectivity index is 0.00000225. The molecule has 0 amide bonds. The maximum absolute atomic E-state index is 11.3. The lowest BCUT2D eigenvalue weighted by Crippen LogP contribution is -2.31. The summed E-state index contributed by atoms with van der Waals surface area (Å²) in [7, 11) is -3.39. The summed E-state index contributed by atoms with van der Waals surface area (Å²) in [6.07, 6.45) is 1.03. The molecule has 1 aromatic carbocycles. The average Bonchev–Trinajstić information content (AvgIpc) is 2.14. The topological polar surface area (TPSA) is 94.7 Å². The molecule has 3 N–H and O–H groups in total. The van der Waals surface area contributed by atoms with Gasteiger partial charge < -0.3 is 5.48 Å². The number of nitrogens with one attached hydrogen (secondary N) is 1. The summed E-state index contributed by atoms with van der Waals surface area (Å²) in [5.74, 6) is -0.230. The Morgan fingerprint density at radius 1 is 1.25 bits per heavy atom. The van der Waals surface area contributed by atoms with Gasteiger partial charge in [-0.15, -0.1) is 0 Å². The van der Waals surface area contributed by atoms with E-state index in [1.165, 1.54) is 6.92 Å². The van der Waals surface area contributed by atoms with Crippen LogP contribution in [-0.2, 0) is 14.8 Å². The number of carbonyl (C=O) groups excluding carboxylic acids is 1.